The van der Waals surface area contributed by atoms with Crippen LogP contribution in [-0.2, 0) is 26.2 Å². The van der Waals surface area contributed by atoms with Gasteiger partial charge >= 0.3 is 0 Å². The molecule has 0 bridgehead atoms. The van der Waals surface area contributed by atoms with Crippen molar-refractivity contribution in [3.8, 4) is 11.5 Å². The molecule has 3 rings (SSSR count). The molecule has 0 saturated heterocycles. The Balaban J connectivity index is 1.83. The second kappa shape index (κ2) is 12.9. The third-order valence-electron chi connectivity index (χ3n) is 5.70. The van der Waals surface area contributed by atoms with E-state index in [1.54, 1.807) is 31.2 Å². The zero-order chi connectivity index (χ0) is 26.8. The summed E-state index contributed by atoms with van der Waals surface area (Å²) in [4.78, 5) is 27.7. The number of nitrogens with zero attached hydrogens (tertiary/aromatic N) is 2. The number of carbonyl (C=O) groups excluding carboxylic acids is 2. The van der Waals surface area contributed by atoms with Gasteiger partial charge in [0.1, 0.15) is 24.1 Å². The number of ether oxygens (including phenoxy) is 1. The summed E-state index contributed by atoms with van der Waals surface area (Å²) in [7, 11) is -3.81. The van der Waals surface area contributed by atoms with Crippen molar-refractivity contribution in [1.29, 1.82) is 0 Å². The third-order valence-corrected chi connectivity index (χ3v) is 6.84. The van der Waals surface area contributed by atoms with Crippen LogP contribution in [0.2, 0.25) is 0 Å². The Morgan fingerprint density at radius 1 is 0.892 bits per heavy atom. The monoisotopic (exact) mass is 523 g/mol. The van der Waals surface area contributed by atoms with E-state index in [9.17, 15) is 18.0 Å². The first-order chi connectivity index (χ1) is 17.7. The first kappa shape index (κ1) is 27.7. The van der Waals surface area contributed by atoms with E-state index in [1.165, 1.54) is 4.90 Å². The number of benzene rings is 3. The third kappa shape index (κ3) is 8.08. The number of hydrogen-bond acceptors (Lipinski definition) is 5. The fourth-order valence-electron chi connectivity index (χ4n) is 3.68. The quantitative estimate of drug-likeness (QED) is 0.384. The smallest absolute Gasteiger partial charge is 0.244 e. The van der Waals surface area contributed by atoms with E-state index >= 15 is 0 Å². The molecule has 3 aromatic carbocycles. The van der Waals surface area contributed by atoms with Crippen molar-refractivity contribution in [1.82, 2.24) is 10.2 Å². The highest BCUT2D eigenvalue weighted by Crippen LogP contribution is 2.26. The highest BCUT2D eigenvalue weighted by Gasteiger charge is 2.30. The first-order valence-electron chi connectivity index (χ1n) is 12.1. The highest BCUT2D eigenvalue weighted by molar-refractivity contribution is 7.92. The molecule has 8 nitrogen and oxygen atoms in total. The van der Waals surface area contributed by atoms with Crippen LogP contribution in [0, 0.1) is 0 Å². The lowest BCUT2D eigenvalue weighted by Gasteiger charge is -2.31. The average molecular weight is 524 g/mol. The Bertz CT molecular complexity index is 1270. The van der Waals surface area contributed by atoms with Gasteiger partial charge in [-0.1, -0.05) is 55.5 Å². The number of sulfonamides is 1. The summed E-state index contributed by atoms with van der Waals surface area (Å²) in [5, 5.41) is 2.82. The lowest BCUT2D eigenvalue weighted by Crippen LogP contribution is -2.51. The van der Waals surface area contributed by atoms with Crippen LogP contribution in [0.25, 0.3) is 0 Å². The van der Waals surface area contributed by atoms with Crippen molar-refractivity contribution in [2.45, 2.75) is 32.9 Å². The molecule has 37 heavy (non-hydrogen) atoms. The second-order valence-corrected chi connectivity index (χ2v) is 10.6. The number of carbonyl (C=O) groups is 2. The van der Waals surface area contributed by atoms with E-state index < -0.39 is 28.5 Å². The predicted molar refractivity (Wildman–Crippen MR) is 145 cm³/mol. The molecule has 0 aliphatic heterocycles. The maximum Gasteiger partial charge on any atom is 0.244 e. The van der Waals surface area contributed by atoms with Gasteiger partial charge in [0, 0.05) is 13.1 Å². The van der Waals surface area contributed by atoms with Gasteiger partial charge < -0.3 is 15.0 Å². The first-order valence-corrected chi connectivity index (χ1v) is 14.0. The van der Waals surface area contributed by atoms with Crippen LogP contribution in [0.5, 0.6) is 11.5 Å². The molecule has 1 N–H and O–H groups in total. The van der Waals surface area contributed by atoms with Crippen LogP contribution in [0.4, 0.5) is 5.69 Å². The summed E-state index contributed by atoms with van der Waals surface area (Å²) in [5.41, 5.74) is 1.15. The summed E-state index contributed by atoms with van der Waals surface area (Å²) in [6, 6.07) is 24.2. The van der Waals surface area contributed by atoms with Gasteiger partial charge in [-0.3, -0.25) is 13.9 Å². The SMILES string of the molecule is CCCNC(=O)[C@H](C)N(Cc1ccccc1)C(=O)CN(c1ccc(Oc2ccccc2)cc1)S(C)(=O)=O. The van der Waals surface area contributed by atoms with Gasteiger partial charge in [0.2, 0.25) is 21.8 Å². The van der Waals surface area contributed by atoms with Crippen molar-refractivity contribution in [2.75, 3.05) is 23.7 Å². The zero-order valence-electron chi connectivity index (χ0n) is 21.3. The van der Waals surface area contributed by atoms with Crippen LogP contribution >= 0.6 is 0 Å². The minimum absolute atomic E-state index is 0.168. The Morgan fingerprint density at radius 2 is 1.46 bits per heavy atom. The zero-order valence-corrected chi connectivity index (χ0v) is 22.1. The minimum Gasteiger partial charge on any atom is -0.457 e. The molecule has 0 aliphatic rings. The van der Waals surface area contributed by atoms with Crippen LogP contribution < -0.4 is 14.4 Å². The molecule has 0 aliphatic carbocycles. The Kier molecular flexibility index (Phi) is 9.68. The lowest BCUT2D eigenvalue weighted by atomic mass is 10.1. The van der Waals surface area contributed by atoms with Gasteiger partial charge in [-0.15, -0.1) is 0 Å². The number of nitrogens with one attached hydrogen (secondary N) is 1. The molecule has 0 unspecified atom stereocenters. The molecule has 3 aromatic rings. The number of anilines is 1. The van der Waals surface area contributed by atoms with E-state index in [4.69, 9.17) is 4.74 Å². The van der Waals surface area contributed by atoms with Crippen molar-refractivity contribution in [3.63, 3.8) is 0 Å². The summed E-state index contributed by atoms with van der Waals surface area (Å²) < 4.78 is 32.3. The normalized spacial score (nSPS) is 11.9. The van der Waals surface area contributed by atoms with Gasteiger partial charge in [0.25, 0.3) is 0 Å². The topological polar surface area (TPSA) is 96.0 Å². The van der Waals surface area contributed by atoms with Crippen molar-refractivity contribution >= 4 is 27.5 Å². The van der Waals surface area contributed by atoms with Gasteiger partial charge in [0.15, 0.2) is 0 Å². The fourth-order valence-corrected chi connectivity index (χ4v) is 4.53. The van der Waals surface area contributed by atoms with E-state index in [0.717, 1.165) is 22.5 Å². The molecule has 0 radical (unpaired) electrons. The summed E-state index contributed by atoms with van der Waals surface area (Å²) in [6.07, 6.45) is 1.81. The molecule has 1 atom stereocenters. The largest absolute Gasteiger partial charge is 0.457 e. The molecule has 9 heteroatoms. The molecule has 0 heterocycles. The van der Waals surface area contributed by atoms with E-state index in [2.05, 4.69) is 5.32 Å². The van der Waals surface area contributed by atoms with Gasteiger partial charge in [-0.05, 0) is 55.3 Å². The molecule has 196 valence electrons. The number of para-hydroxylation sites is 1. The molecule has 0 fully saturated rings. The van der Waals surface area contributed by atoms with Crippen LogP contribution in [-0.4, -0.2) is 50.5 Å². The highest BCUT2D eigenvalue weighted by atomic mass is 32.2. The number of rotatable bonds is 12. The van der Waals surface area contributed by atoms with E-state index in [-0.39, 0.29) is 12.5 Å². The maximum absolute atomic E-state index is 13.5. The summed E-state index contributed by atoms with van der Waals surface area (Å²) in [6.45, 7) is 3.80. The van der Waals surface area contributed by atoms with Crippen molar-refractivity contribution < 1.29 is 22.7 Å². The van der Waals surface area contributed by atoms with Crippen LogP contribution in [0.1, 0.15) is 25.8 Å². The Morgan fingerprint density at radius 3 is 2.03 bits per heavy atom. The van der Waals surface area contributed by atoms with Gasteiger partial charge in [-0.2, -0.15) is 0 Å². The number of amides is 2. The van der Waals surface area contributed by atoms with Crippen LogP contribution in [0.15, 0.2) is 84.9 Å². The Hall–Kier alpha value is -3.85. The van der Waals surface area contributed by atoms with Gasteiger partial charge in [-0.25, -0.2) is 8.42 Å². The van der Waals surface area contributed by atoms with Gasteiger partial charge in [0.05, 0.1) is 11.9 Å². The molecular weight excluding hydrogens is 490 g/mol. The fraction of sp³-hybridized carbons (Fsp3) is 0.286. The molecule has 2 amide bonds. The second-order valence-electron chi connectivity index (χ2n) is 8.65. The van der Waals surface area contributed by atoms with Crippen LogP contribution in [0.3, 0.4) is 0 Å². The standard InChI is InChI=1S/C28H33N3O5S/c1-4-19-29-28(33)22(2)30(20-23-11-7-5-8-12-23)27(32)21-31(37(3,34)35)24-15-17-26(18-16-24)36-25-13-9-6-10-14-25/h5-18,22H,4,19-21H2,1-3H3,(H,29,33)/t22-/m0/s1. The maximum atomic E-state index is 13.5. The number of hydrogen-bond donors (Lipinski definition) is 1. The van der Waals surface area contributed by atoms with Crippen molar-refractivity contribution in [2.24, 2.45) is 0 Å². The van der Waals surface area contributed by atoms with Crippen molar-refractivity contribution in [3.05, 3.63) is 90.5 Å². The summed E-state index contributed by atoms with van der Waals surface area (Å²) >= 11 is 0. The molecular formula is C28H33N3O5S. The molecule has 0 aromatic heterocycles. The minimum atomic E-state index is -3.81. The lowest BCUT2D eigenvalue weighted by molar-refractivity contribution is -0.139. The Labute approximate surface area is 218 Å². The molecule has 0 spiro atoms. The van der Waals surface area contributed by atoms with E-state index in [0.29, 0.717) is 23.7 Å². The summed E-state index contributed by atoms with van der Waals surface area (Å²) in [5.74, 6) is 0.399. The van der Waals surface area contributed by atoms with E-state index in [1.807, 2.05) is 67.6 Å². The molecule has 0 saturated carbocycles. The average Bonchev–Trinajstić information content (AvgIpc) is 2.89. The predicted octanol–water partition coefficient (Wildman–Crippen LogP) is 4.19.